The number of nitrogens with zero attached hydrogens (tertiary/aromatic N) is 1. The molecule has 1 amide bonds. The monoisotopic (exact) mass is 263 g/mol. The number of hydrogen-bond donors (Lipinski definition) is 2. The van der Waals surface area contributed by atoms with Crippen LogP contribution in [0.4, 0.5) is 5.69 Å². The summed E-state index contributed by atoms with van der Waals surface area (Å²) in [4.78, 5) is 14.1. The average molecular weight is 263 g/mol. The van der Waals surface area contributed by atoms with Crippen LogP contribution in [0.2, 0.25) is 0 Å². The molecule has 1 unspecified atom stereocenters. The minimum Gasteiger partial charge on any atom is -0.398 e. The molecular formula is C14H21N3O2. The van der Waals surface area contributed by atoms with Gasteiger partial charge < -0.3 is 20.7 Å². The van der Waals surface area contributed by atoms with Crippen molar-refractivity contribution < 1.29 is 9.53 Å². The van der Waals surface area contributed by atoms with E-state index in [0.29, 0.717) is 18.7 Å². The Morgan fingerprint density at radius 2 is 2.32 bits per heavy atom. The lowest BCUT2D eigenvalue weighted by atomic mass is 10.1. The van der Waals surface area contributed by atoms with E-state index < -0.39 is 0 Å². The van der Waals surface area contributed by atoms with Crippen molar-refractivity contribution in [3.8, 4) is 0 Å². The third-order valence-electron chi connectivity index (χ3n) is 3.27. The highest BCUT2D eigenvalue weighted by Gasteiger charge is 2.18. The van der Waals surface area contributed by atoms with Gasteiger partial charge in [0.1, 0.15) is 0 Å². The third-order valence-corrected chi connectivity index (χ3v) is 3.27. The van der Waals surface area contributed by atoms with E-state index in [4.69, 9.17) is 10.5 Å². The van der Waals surface area contributed by atoms with Crippen molar-refractivity contribution in [1.82, 2.24) is 10.2 Å². The van der Waals surface area contributed by atoms with Gasteiger partial charge in [0.2, 0.25) is 5.91 Å². The maximum atomic E-state index is 11.9. The van der Waals surface area contributed by atoms with Crippen LogP contribution >= 0.6 is 0 Å². The zero-order valence-corrected chi connectivity index (χ0v) is 11.3. The summed E-state index contributed by atoms with van der Waals surface area (Å²) in [6.07, 6.45) is 0.394. The Hall–Kier alpha value is -1.59. The lowest BCUT2D eigenvalue weighted by molar-refractivity contribution is -0.121. The Morgan fingerprint density at radius 3 is 3.05 bits per heavy atom. The van der Waals surface area contributed by atoms with Crippen molar-refractivity contribution in [3.05, 3.63) is 29.8 Å². The highest BCUT2D eigenvalue weighted by atomic mass is 16.5. The SMILES string of the molecule is CN1CCOC(CNC(=O)Cc2ccccc2N)C1. The van der Waals surface area contributed by atoms with Gasteiger partial charge in [-0.15, -0.1) is 0 Å². The predicted molar refractivity (Wildman–Crippen MR) is 74.8 cm³/mol. The van der Waals surface area contributed by atoms with Gasteiger partial charge in [0.25, 0.3) is 0 Å². The Kier molecular flexibility index (Phi) is 4.76. The van der Waals surface area contributed by atoms with Crippen LogP contribution in [0.15, 0.2) is 24.3 Å². The molecule has 19 heavy (non-hydrogen) atoms. The molecule has 2 rings (SSSR count). The molecule has 0 aliphatic carbocycles. The molecule has 104 valence electrons. The number of morpholine rings is 1. The molecule has 0 bridgehead atoms. The fourth-order valence-corrected chi connectivity index (χ4v) is 2.15. The summed E-state index contributed by atoms with van der Waals surface area (Å²) in [5, 5.41) is 2.90. The van der Waals surface area contributed by atoms with Gasteiger partial charge in [-0.05, 0) is 18.7 Å². The molecule has 1 heterocycles. The number of likely N-dealkylation sites (N-methyl/N-ethyl adjacent to an activating group) is 1. The van der Waals surface area contributed by atoms with Gasteiger partial charge in [-0.2, -0.15) is 0 Å². The molecule has 1 aliphatic heterocycles. The van der Waals surface area contributed by atoms with Crippen LogP contribution in [-0.2, 0) is 16.0 Å². The maximum absolute atomic E-state index is 11.9. The summed E-state index contributed by atoms with van der Waals surface area (Å²) in [6, 6.07) is 7.43. The third kappa shape index (κ3) is 4.22. The zero-order chi connectivity index (χ0) is 13.7. The molecule has 5 nitrogen and oxygen atoms in total. The Labute approximate surface area is 113 Å². The lowest BCUT2D eigenvalue weighted by Gasteiger charge is -2.30. The largest absolute Gasteiger partial charge is 0.398 e. The molecule has 1 aromatic carbocycles. The topological polar surface area (TPSA) is 67.6 Å². The molecule has 1 aliphatic rings. The van der Waals surface area contributed by atoms with E-state index in [1.165, 1.54) is 0 Å². The summed E-state index contributed by atoms with van der Waals surface area (Å²) >= 11 is 0. The summed E-state index contributed by atoms with van der Waals surface area (Å²) in [5.74, 6) is -0.0188. The van der Waals surface area contributed by atoms with Crippen LogP contribution in [0.1, 0.15) is 5.56 Å². The first-order valence-electron chi connectivity index (χ1n) is 6.55. The van der Waals surface area contributed by atoms with Crippen molar-refractivity contribution in [2.45, 2.75) is 12.5 Å². The Balaban J connectivity index is 1.77. The molecule has 5 heteroatoms. The molecule has 1 aromatic rings. The van der Waals surface area contributed by atoms with E-state index in [9.17, 15) is 4.79 Å². The first-order valence-corrected chi connectivity index (χ1v) is 6.55. The number of nitrogens with one attached hydrogen (secondary N) is 1. The number of ether oxygens (including phenoxy) is 1. The number of nitrogen functional groups attached to an aromatic ring is 1. The van der Waals surface area contributed by atoms with Gasteiger partial charge in [0.05, 0.1) is 19.1 Å². The first kappa shape index (κ1) is 13.8. The molecule has 0 aromatic heterocycles. The van der Waals surface area contributed by atoms with E-state index in [2.05, 4.69) is 17.3 Å². The molecular weight excluding hydrogens is 242 g/mol. The lowest BCUT2D eigenvalue weighted by Crippen LogP contribution is -2.46. The summed E-state index contributed by atoms with van der Waals surface area (Å²) in [6.45, 7) is 3.08. The number of anilines is 1. The van der Waals surface area contributed by atoms with E-state index in [-0.39, 0.29) is 12.0 Å². The van der Waals surface area contributed by atoms with Crippen LogP contribution < -0.4 is 11.1 Å². The Bertz CT molecular complexity index is 436. The maximum Gasteiger partial charge on any atom is 0.224 e. The van der Waals surface area contributed by atoms with Crippen molar-refractivity contribution in [3.63, 3.8) is 0 Å². The van der Waals surface area contributed by atoms with Crippen molar-refractivity contribution in [1.29, 1.82) is 0 Å². The summed E-state index contributed by atoms with van der Waals surface area (Å²) in [5.41, 5.74) is 7.34. The number of hydrogen-bond acceptors (Lipinski definition) is 4. The quantitative estimate of drug-likeness (QED) is 0.765. The molecule has 3 N–H and O–H groups in total. The summed E-state index contributed by atoms with van der Waals surface area (Å²) in [7, 11) is 2.06. The molecule has 0 saturated carbocycles. The number of para-hydroxylation sites is 1. The standard InChI is InChI=1S/C14H21N3O2/c1-17-6-7-19-12(10-17)9-16-14(18)8-11-4-2-3-5-13(11)15/h2-5,12H,6-10,15H2,1H3,(H,16,18). The number of carbonyl (C=O) groups is 1. The Morgan fingerprint density at radius 1 is 1.53 bits per heavy atom. The van der Waals surface area contributed by atoms with E-state index in [1.54, 1.807) is 0 Å². The molecule has 1 atom stereocenters. The second-order valence-electron chi connectivity index (χ2n) is 4.93. The second-order valence-corrected chi connectivity index (χ2v) is 4.93. The smallest absolute Gasteiger partial charge is 0.224 e. The van der Waals surface area contributed by atoms with Crippen LogP contribution in [0, 0.1) is 0 Å². The van der Waals surface area contributed by atoms with Gasteiger partial charge in [0, 0.05) is 25.3 Å². The van der Waals surface area contributed by atoms with Crippen LogP contribution in [0.25, 0.3) is 0 Å². The van der Waals surface area contributed by atoms with Crippen LogP contribution in [0.5, 0.6) is 0 Å². The number of amides is 1. The second kappa shape index (κ2) is 6.54. The van der Waals surface area contributed by atoms with Gasteiger partial charge in [-0.3, -0.25) is 4.79 Å². The van der Waals surface area contributed by atoms with Gasteiger partial charge in [0.15, 0.2) is 0 Å². The summed E-state index contributed by atoms with van der Waals surface area (Å²) < 4.78 is 5.59. The van der Waals surface area contributed by atoms with Crippen LogP contribution in [0.3, 0.4) is 0 Å². The highest BCUT2D eigenvalue weighted by Crippen LogP contribution is 2.10. The normalized spacial score (nSPS) is 20.2. The molecule has 1 fully saturated rings. The van der Waals surface area contributed by atoms with Gasteiger partial charge in [-0.1, -0.05) is 18.2 Å². The van der Waals surface area contributed by atoms with Gasteiger partial charge >= 0.3 is 0 Å². The highest BCUT2D eigenvalue weighted by molar-refractivity contribution is 5.80. The predicted octanol–water partition coefficient (Wildman–Crippen LogP) is 0.258. The molecule has 0 radical (unpaired) electrons. The number of benzene rings is 1. The average Bonchev–Trinajstić information content (AvgIpc) is 2.39. The van der Waals surface area contributed by atoms with Gasteiger partial charge in [-0.25, -0.2) is 0 Å². The van der Waals surface area contributed by atoms with Crippen molar-refractivity contribution in [2.24, 2.45) is 0 Å². The van der Waals surface area contributed by atoms with Crippen molar-refractivity contribution in [2.75, 3.05) is 39.0 Å². The molecule has 1 saturated heterocycles. The number of rotatable bonds is 4. The zero-order valence-electron chi connectivity index (χ0n) is 11.3. The number of nitrogens with two attached hydrogens (primary N) is 1. The minimum atomic E-state index is -0.0188. The minimum absolute atomic E-state index is 0.0188. The fraction of sp³-hybridized carbons (Fsp3) is 0.500. The first-order chi connectivity index (χ1) is 9.15. The van der Waals surface area contributed by atoms with Crippen LogP contribution in [-0.4, -0.2) is 50.2 Å². The van der Waals surface area contributed by atoms with E-state index >= 15 is 0 Å². The van der Waals surface area contributed by atoms with Crippen molar-refractivity contribution >= 4 is 11.6 Å². The molecule has 0 spiro atoms. The fourth-order valence-electron chi connectivity index (χ4n) is 2.15. The number of carbonyl (C=O) groups excluding carboxylic acids is 1. The van der Waals surface area contributed by atoms with E-state index in [0.717, 1.165) is 25.3 Å². The van der Waals surface area contributed by atoms with E-state index in [1.807, 2.05) is 24.3 Å².